The molecule has 2 aromatic rings. The van der Waals surface area contributed by atoms with Crippen LogP contribution in [-0.4, -0.2) is 14.4 Å². The molecule has 0 spiro atoms. The monoisotopic (exact) mass is 296 g/mol. The quantitative estimate of drug-likeness (QED) is 0.432. The largest absolute Gasteiger partial charge is 0.298 e. The lowest BCUT2D eigenvalue weighted by atomic mass is 10.1. The van der Waals surface area contributed by atoms with E-state index in [4.69, 9.17) is 0 Å². The van der Waals surface area contributed by atoms with E-state index < -0.39 is 8.07 Å². The highest BCUT2D eigenvalue weighted by atomic mass is 28.3. The molecule has 0 heterocycles. The number of benzene rings is 2. The fourth-order valence-corrected chi connectivity index (χ4v) is 5.03. The van der Waals surface area contributed by atoms with Crippen molar-refractivity contribution in [3.05, 3.63) is 53.7 Å². The first-order valence-electron chi connectivity index (χ1n) is 7.73. The summed E-state index contributed by atoms with van der Waals surface area (Å²) >= 11 is 0. The van der Waals surface area contributed by atoms with E-state index >= 15 is 0 Å². The summed E-state index contributed by atoms with van der Waals surface area (Å²) in [5.41, 5.74) is 3.24. The van der Waals surface area contributed by atoms with Crippen molar-refractivity contribution in [3.8, 4) is 0 Å². The van der Waals surface area contributed by atoms with E-state index in [1.165, 1.54) is 16.0 Å². The third-order valence-corrected chi connectivity index (χ3v) is 6.90. The van der Waals surface area contributed by atoms with Gasteiger partial charge in [-0.25, -0.2) is 0 Å². The van der Waals surface area contributed by atoms with E-state index in [1.807, 2.05) is 0 Å². The minimum Gasteiger partial charge on any atom is -0.298 e. The van der Waals surface area contributed by atoms with Crippen LogP contribution in [0.1, 0.15) is 26.2 Å². The van der Waals surface area contributed by atoms with Crippen LogP contribution in [0.15, 0.2) is 53.7 Å². The van der Waals surface area contributed by atoms with Crippen molar-refractivity contribution in [2.24, 2.45) is 0 Å². The van der Waals surface area contributed by atoms with Gasteiger partial charge in [0.1, 0.15) is 14.4 Å². The van der Waals surface area contributed by atoms with E-state index in [0.717, 1.165) is 31.1 Å². The number of unbranched alkanes of at least 4 members (excludes halogenated alkanes) is 1. The molecular weight excluding hydrogens is 272 g/mol. The molecule has 2 aromatic carbocycles. The molecule has 0 aliphatic heterocycles. The van der Waals surface area contributed by atoms with Gasteiger partial charge in [-0.15, -0.1) is 0 Å². The second-order valence-electron chi connectivity index (χ2n) is 6.22. The minimum atomic E-state index is -1.72. The smallest absolute Gasteiger partial charge is 0.145 e. The van der Waals surface area contributed by atoms with E-state index in [-0.39, 0.29) is 0 Å². The van der Waals surface area contributed by atoms with E-state index in [2.05, 4.69) is 68.2 Å². The Bertz CT molecular complexity index is 655. The standard InChI is InChI=1S/C19H24OSi/c1-4-5-8-16(14-20)15-21(2,3)19-12-11-17-9-6-7-10-18(17)13-19/h6-7,9-15H,4-5,8H2,1-3H3/b16-15-. The van der Waals surface area contributed by atoms with Crippen LogP contribution in [-0.2, 0) is 4.79 Å². The number of hydrogen-bond acceptors (Lipinski definition) is 1. The topological polar surface area (TPSA) is 17.1 Å². The second-order valence-corrected chi connectivity index (χ2v) is 10.5. The molecule has 0 amide bonds. The van der Waals surface area contributed by atoms with Crippen molar-refractivity contribution in [2.45, 2.75) is 39.3 Å². The van der Waals surface area contributed by atoms with Crippen molar-refractivity contribution in [1.82, 2.24) is 0 Å². The van der Waals surface area contributed by atoms with Gasteiger partial charge >= 0.3 is 0 Å². The molecule has 0 unspecified atom stereocenters. The normalized spacial score (nSPS) is 12.6. The maximum Gasteiger partial charge on any atom is 0.145 e. The summed E-state index contributed by atoms with van der Waals surface area (Å²) in [6.45, 7) is 6.79. The first-order chi connectivity index (χ1) is 10.1. The van der Waals surface area contributed by atoms with Crippen molar-refractivity contribution in [1.29, 1.82) is 0 Å². The molecule has 0 N–H and O–H groups in total. The first kappa shape index (κ1) is 15.7. The predicted octanol–water partition coefficient (Wildman–Crippen LogP) is 4.61. The Labute approximate surface area is 128 Å². The molecular formula is C19H24OSi. The Morgan fingerprint density at radius 2 is 1.81 bits per heavy atom. The van der Waals surface area contributed by atoms with Crippen LogP contribution in [0.3, 0.4) is 0 Å². The average molecular weight is 296 g/mol. The molecule has 0 radical (unpaired) electrons. The van der Waals surface area contributed by atoms with Gasteiger partial charge in [-0.3, -0.25) is 4.79 Å². The molecule has 21 heavy (non-hydrogen) atoms. The van der Waals surface area contributed by atoms with Gasteiger partial charge in [0.25, 0.3) is 0 Å². The zero-order chi connectivity index (χ0) is 15.3. The van der Waals surface area contributed by atoms with Crippen LogP contribution in [0.5, 0.6) is 0 Å². The fourth-order valence-electron chi connectivity index (χ4n) is 2.68. The van der Waals surface area contributed by atoms with Gasteiger partial charge < -0.3 is 0 Å². The predicted molar refractivity (Wildman–Crippen MR) is 94.7 cm³/mol. The molecule has 2 rings (SSSR count). The van der Waals surface area contributed by atoms with Gasteiger partial charge in [0.2, 0.25) is 0 Å². The molecule has 2 heteroatoms. The van der Waals surface area contributed by atoms with Crippen LogP contribution < -0.4 is 5.19 Å². The number of rotatable bonds is 6. The van der Waals surface area contributed by atoms with Crippen LogP contribution >= 0.6 is 0 Å². The van der Waals surface area contributed by atoms with Gasteiger partial charge in [-0.2, -0.15) is 0 Å². The van der Waals surface area contributed by atoms with E-state index in [1.54, 1.807) is 0 Å². The molecule has 0 saturated heterocycles. The maximum absolute atomic E-state index is 11.3. The molecule has 0 atom stereocenters. The molecule has 110 valence electrons. The summed E-state index contributed by atoms with van der Waals surface area (Å²) in [4.78, 5) is 11.3. The summed E-state index contributed by atoms with van der Waals surface area (Å²) in [6, 6.07) is 15.2. The van der Waals surface area contributed by atoms with Gasteiger partial charge in [0.05, 0.1) is 0 Å². The summed E-state index contributed by atoms with van der Waals surface area (Å²) in [7, 11) is -1.72. The van der Waals surface area contributed by atoms with Crippen molar-refractivity contribution in [2.75, 3.05) is 0 Å². The number of fused-ring (bicyclic) bond motifs is 1. The van der Waals surface area contributed by atoms with Crippen molar-refractivity contribution in [3.63, 3.8) is 0 Å². The fraction of sp³-hybridized carbons (Fsp3) is 0.316. The molecule has 0 aliphatic rings. The van der Waals surface area contributed by atoms with Crippen LogP contribution in [0.2, 0.25) is 13.1 Å². The van der Waals surface area contributed by atoms with Gasteiger partial charge in [0, 0.05) is 0 Å². The summed E-state index contributed by atoms with van der Waals surface area (Å²) < 4.78 is 0. The van der Waals surface area contributed by atoms with Gasteiger partial charge in [-0.05, 0) is 29.2 Å². The highest BCUT2D eigenvalue weighted by molar-refractivity contribution is 6.94. The number of hydrogen-bond donors (Lipinski definition) is 0. The zero-order valence-electron chi connectivity index (χ0n) is 13.2. The third kappa shape index (κ3) is 3.91. The Kier molecular flexibility index (Phi) is 5.13. The molecule has 0 bridgehead atoms. The van der Waals surface area contributed by atoms with Crippen LogP contribution in [0, 0.1) is 0 Å². The van der Waals surface area contributed by atoms with Crippen LogP contribution in [0.25, 0.3) is 10.8 Å². The summed E-state index contributed by atoms with van der Waals surface area (Å²) in [6.07, 6.45) is 4.17. The molecule has 0 aliphatic carbocycles. The number of carbonyl (C=O) groups is 1. The second kappa shape index (κ2) is 6.86. The zero-order valence-corrected chi connectivity index (χ0v) is 14.2. The minimum absolute atomic E-state index is 0.907. The molecule has 0 saturated carbocycles. The van der Waals surface area contributed by atoms with Gasteiger partial charge in [0.15, 0.2) is 0 Å². The lowest BCUT2D eigenvalue weighted by Crippen LogP contribution is -2.40. The summed E-state index contributed by atoms with van der Waals surface area (Å²) in [5.74, 6) is 0. The lowest BCUT2D eigenvalue weighted by Gasteiger charge is -2.20. The maximum atomic E-state index is 11.3. The Hall–Kier alpha value is -1.67. The summed E-state index contributed by atoms with van der Waals surface area (Å²) in [5, 5.41) is 3.94. The number of carbonyl (C=O) groups excluding carboxylic acids is 1. The Morgan fingerprint density at radius 3 is 2.48 bits per heavy atom. The SMILES string of the molecule is CCCC/C(C=O)=C/[Si](C)(C)c1ccc2ccccc2c1. The first-order valence-corrected chi connectivity index (χ1v) is 10.8. The van der Waals surface area contributed by atoms with Crippen molar-refractivity contribution < 1.29 is 4.79 Å². The van der Waals surface area contributed by atoms with Gasteiger partial charge in [-0.1, -0.05) is 79.8 Å². The molecule has 1 nitrogen and oxygen atoms in total. The van der Waals surface area contributed by atoms with Crippen molar-refractivity contribution >= 4 is 30.3 Å². The Balaban J connectivity index is 2.35. The third-order valence-electron chi connectivity index (χ3n) is 4.01. The highest BCUT2D eigenvalue weighted by Gasteiger charge is 2.21. The number of allylic oxidation sites excluding steroid dienone is 1. The number of aldehydes is 1. The molecule has 0 aromatic heterocycles. The molecule has 0 fully saturated rings. The van der Waals surface area contributed by atoms with E-state index in [0.29, 0.717) is 0 Å². The highest BCUT2D eigenvalue weighted by Crippen LogP contribution is 2.16. The average Bonchev–Trinajstić information content (AvgIpc) is 2.50. The van der Waals surface area contributed by atoms with Crippen LogP contribution in [0.4, 0.5) is 0 Å². The van der Waals surface area contributed by atoms with E-state index in [9.17, 15) is 4.79 Å². The Morgan fingerprint density at radius 1 is 1.10 bits per heavy atom. The lowest BCUT2D eigenvalue weighted by molar-refractivity contribution is -0.105.